The molecule has 0 fully saturated rings. The van der Waals surface area contributed by atoms with Crippen molar-refractivity contribution < 1.29 is 14.4 Å². The topological polar surface area (TPSA) is 130 Å². The summed E-state index contributed by atoms with van der Waals surface area (Å²) >= 11 is 1.18. The number of non-ortho nitro benzene ring substituents is 1. The molecule has 2 aromatic carbocycles. The Morgan fingerprint density at radius 3 is 2.70 bits per heavy atom. The number of nitro benzene ring substituents is 1. The van der Waals surface area contributed by atoms with Crippen molar-refractivity contribution in [2.75, 3.05) is 0 Å². The van der Waals surface area contributed by atoms with E-state index in [1.807, 2.05) is 0 Å². The number of aromatic hydroxyl groups is 1. The fraction of sp³-hybridized carbons (Fsp3) is 0. The molecule has 4 aromatic rings. The number of phenols is 1. The Labute approximate surface area is 172 Å². The molecule has 0 unspecified atom stereocenters. The average molecular weight is 417 g/mol. The van der Waals surface area contributed by atoms with Crippen LogP contribution in [0.1, 0.15) is 10.6 Å². The highest BCUT2D eigenvalue weighted by atomic mass is 32.1. The van der Waals surface area contributed by atoms with Crippen LogP contribution in [0.3, 0.4) is 0 Å². The van der Waals surface area contributed by atoms with Crippen molar-refractivity contribution in [3.8, 4) is 23.1 Å². The number of hydrogen-bond acceptors (Lipinski definition) is 8. The highest BCUT2D eigenvalue weighted by molar-refractivity contribution is 7.11. The number of phenolic OH excluding ortho intramolecular Hbond substituents is 1. The molecule has 9 heteroatoms. The standard InChI is InChI=1S/C21H11N3O5S/c22-10-14(7-12-1-4-16(25)5-2-12)20-23-18(11-30-20)17-9-13-8-15(24(27)28)3-6-19(13)29-21(17)26/h1-9,11,25H. The first-order valence-electron chi connectivity index (χ1n) is 8.54. The Morgan fingerprint density at radius 1 is 1.23 bits per heavy atom. The zero-order valence-corrected chi connectivity index (χ0v) is 15.9. The van der Waals surface area contributed by atoms with Gasteiger partial charge in [0.1, 0.15) is 22.4 Å². The van der Waals surface area contributed by atoms with E-state index in [-0.39, 0.29) is 28.2 Å². The molecule has 0 saturated heterocycles. The number of hydrogen-bond donors (Lipinski definition) is 1. The van der Waals surface area contributed by atoms with Gasteiger partial charge in [-0.3, -0.25) is 10.1 Å². The second kappa shape index (κ2) is 7.62. The number of nitro groups is 1. The Morgan fingerprint density at radius 2 is 2.00 bits per heavy atom. The molecular weight excluding hydrogens is 406 g/mol. The van der Waals surface area contributed by atoms with Gasteiger partial charge >= 0.3 is 5.63 Å². The highest BCUT2D eigenvalue weighted by Gasteiger charge is 2.15. The lowest BCUT2D eigenvalue weighted by molar-refractivity contribution is -0.384. The van der Waals surface area contributed by atoms with E-state index in [4.69, 9.17) is 4.42 Å². The molecule has 0 spiro atoms. The number of rotatable bonds is 4. The Bertz CT molecular complexity index is 1410. The molecule has 1 N–H and O–H groups in total. The monoisotopic (exact) mass is 417 g/mol. The van der Waals surface area contributed by atoms with Gasteiger partial charge in [0.15, 0.2) is 0 Å². The summed E-state index contributed by atoms with van der Waals surface area (Å²) in [5.74, 6) is 0.116. The predicted octanol–water partition coefficient (Wildman–Crippen LogP) is 4.59. The molecule has 0 amide bonds. The van der Waals surface area contributed by atoms with Crippen molar-refractivity contribution in [3.63, 3.8) is 0 Å². The third kappa shape index (κ3) is 3.67. The van der Waals surface area contributed by atoms with Crippen LogP contribution in [0.15, 0.2) is 63.1 Å². The van der Waals surface area contributed by atoms with Gasteiger partial charge < -0.3 is 9.52 Å². The number of fused-ring (bicyclic) bond motifs is 1. The highest BCUT2D eigenvalue weighted by Crippen LogP contribution is 2.28. The Balaban J connectivity index is 1.75. The number of nitriles is 1. The summed E-state index contributed by atoms with van der Waals surface area (Å²) in [4.78, 5) is 27.2. The van der Waals surface area contributed by atoms with Crippen molar-refractivity contribution >= 4 is 39.6 Å². The van der Waals surface area contributed by atoms with Crippen LogP contribution in [0.5, 0.6) is 5.75 Å². The van der Waals surface area contributed by atoms with Crippen molar-refractivity contribution in [2.24, 2.45) is 0 Å². The van der Waals surface area contributed by atoms with Gasteiger partial charge in [0, 0.05) is 22.9 Å². The second-order valence-electron chi connectivity index (χ2n) is 6.23. The summed E-state index contributed by atoms with van der Waals surface area (Å²) in [5, 5.41) is 32.3. The quantitative estimate of drug-likeness (QED) is 0.222. The molecule has 146 valence electrons. The van der Waals surface area contributed by atoms with Gasteiger partial charge in [-0.2, -0.15) is 5.26 Å². The maximum absolute atomic E-state index is 12.4. The molecule has 0 radical (unpaired) electrons. The van der Waals surface area contributed by atoms with Crippen LogP contribution in [0, 0.1) is 21.4 Å². The average Bonchev–Trinajstić information content (AvgIpc) is 3.22. The molecule has 0 bridgehead atoms. The first-order valence-corrected chi connectivity index (χ1v) is 9.42. The molecule has 0 aliphatic rings. The predicted molar refractivity (Wildman–Crippen MR) is 112 cm³/mol. The third-order valence-electron chi connectivity index (χ3n) is 4.26. The maximum atomic E-state index is 12.4. The van der Waals surface area contributed by atoms with Gasteiger partial charge in [0.05, 0.1) is 21.8 Å². The summed E-state index contributed by atoms with van der Waals surface area (Å²) in [5.41, 5.74) is 0.932. The molecule has 2 aromatic heterocycles. The second-order valence-corrected chi connectivity index (χ2v) is 7.08. The van der Waals surface area contributed by atoms with Crippen LogP contribution >= 0.6 is 11.3 Å². The van der Waals surface area contributed by atoms with Crippen LogP contribution in [0.4, 0.5) is 5.69 Å². The SMILES string of the molecule is N#CC(=Cc1ccc(O)cc1)c1nc(-c2cc3cc([N+](=O)[O-])ccc3oc2=O)cs1. The largest absolute Gasteiger partial charge is 0.508 e. The van der Waals surface area contributed by atoms with E-state index in [0.29, 0.717) is 21.7 Å². The fourth-order valence-electron chi connectivity index (χ4n) is 2.80. The molecule has 0 saturated carbocycles. The van der Waals surface area contributed by atoms with Crippen molar-refractivity contribution in [1.82, 2.24) is 4.98 Å². The first kappa shape index (κ1) is 19.0. The maximum Gasteiger partial charge on any atom is 0.345 e. The number of nitrogens with zero attached hydrogens (tertiary/aromatic N) is 3. The van der Waals surface area contributed by atoms with Gasteiger partial charge in [-0.1, -0.05) is 12.1 Å². The van der Waals surface area contributed by atoms with E-state index < -0.39 is 10.5 Å². The van der Waals surface area contributed by atoms with Gasteiger partial charge in [0.2, 0.25) is 0 Å². The number of thiazole rings is 1. The van der Waals surface area contributed by atoms with Gasteiger partial charge in [0.25, 0.3) is 5.69 Å². The minimum absolute atomic E-state index is 0.116. The molecule has 0 aliphatic carbocycles. The van der Waals surface area contributed by atoms with E-state index in [9.17, 15) is 25.3 Å². The number of aromatic nitrogens is 1. The van der Waals surface area contributed by atoms with Crippen LogP contribution < -0.4 is 5.63 Å². The summed E-state index contributed by atoms with van der Waals surface area (Å²) in [6, 6.07) is 13.9. The zero-order valence-electron chi connectivity index (χ0n) is 15.1. The van der Waals surface area contributed by atoms with E-state index in [0.717, 1.165) is 0 Å². The molecule has 8 nitrogen and oxygen atoms in total. The van der Waals surface area contributed by atoms with Gasteiger partial charge in [-0.15, -0.1) is 11.3 Å². The molecule has 4 rings (SSSR count). The van der Waals surface area contributed by atoms with Crippen LogP contribution in [-0.4, -0.2) is 15.0 Å². The summed E-state index contributed by atoms with van der Waals surface area (Å²) in [6.45, 7) is 0. The van der Waals surface area contributed by atoms with Crippen LogP contribution in [0.2, 0.25) is 0 Å². The van der Waals surface area contributed by atoms with Crippen LogP contribution in [0.25, 0.3) is 33.9 Å². The molecule has 2 heterocycles. The molecular formula is C21H11N3O5S. The zero-order chi connectivity index (χ0) is 21.3. The summed E-state index contributed by atoms with van der Waals surface area (Å²) < 4.78 is 5.27. The lowest BCUT2D eigenvalue weighted by Crippen LogP contribution is -2.03. The molecule has 30 heavy (non-hydrogen) atoms. The lowest BCUT2D eigenvalue weighted by atomic mass is 10.1. The number of allylic oxidation sites excluding steroid dienone is 1. The summed E-state index contributed by atoms with van der Waals surface area (Å²) in [7, 11) is 0. The third-order valence-corrected chi connectivity index (χ3v) is 5.14. The Hall–Kier alpha value is -4.29. The lowest BCUT2D eigenvalue weighted by Gasteiger charge is -2.00. The van der Waals surface area contributed by atoms with Gasteiger partial charge in [-0.05, 0) is 35.9 Å². The smallest absolute Gasteiger partial charge is 0.345 e. The van der Waals surface area contributed by atoms with Gasteiger partial charge in [-0.25, -0.2) is 9.78 Å². The van der Waals surface area contributed by atoms with Crippen molar-refractivity contribution in [2.45, 2.75) is 0 Å². The molecule has 0 aliphatic heterocycles. The fourth-order valence-corrected chi connectivity index (χ4v) is 3.59. The van der Waals surface area contributed by atoms with E-state index in [2.05, 4.69) is 11.1 Å². The minimum atomic E-state index is -0.630. The van der Waals surface area contributed by atoms with E-state index in [1.54, 1.807) is 23.6 Å². The Kier molecular flexibility index (Phi) is 4.83. The van der Waals surface area contributed by atoms with E-state index >= 15 is 0 Å². The van der Waals surface area contributed by atoms with Crippen molar-refractivity contribution in [3.05, 3.63) is 85.0 Å². The van der Waals surface area contributed by atoms with Crippen LogP contribution in [-0.2, 0) is 0 Å². The number of benzene rings is 2. The first-order chi connectivity index (χ1) is 14.4. The molecule has 0 atom stereocenters. The normalized spacial score (nSPS) is 11.4. The van der Waals surface area contributed by atoms with E-state index in [1.165, 1.54) is 47.7 Å². The summed E-state index contributed by atoms with van der Waals surface area (Å²) in [6.07, 6.45) is 1.62. The van der Waals surface area contributed by atoms with Crippen molar-refractivity contribution in [1.29, 1.82) is 5.26 Å². The minimum Gasteiger partial charge on any atom is -0.508 e.